The van der Waals surface area contributed by atoms with E-state index in [2.05, 4.69) is 16.8 Å². The topological polar surface area (TPSA) is 24.0 Å². The van der Waals surface area contributed by atoms with Crippen molar-refractivity contribution in [1.29, 1.82) is 0 Å². The minimum absolute atomic E-state index is 0.262. The molecule has 1 N–H and O–H groups in total. The third-order valence-corrected chi connectivity index (χ3v) is 4.74. The molecular weight excluding hydrogens is 292 g/mol. The Balaban J connectivity index is 1.89. The third kappa shape index (κ3) is 2.74. The van der Waals surface area contributed by atoms with E-state index in [1.807, 2.05) is 0 Å². The molecule has 6 heteroatoms. The van der Waals surface area contributed by atoms with Gasteiger partial charge in [0.2, 0.25) is 0 Å². The monoisotopic (exact) mass is 311 g/mol. The van der Waals surface area contributed by atoms with Gasteiger partial charge in [0.05, 0.1) is 5.52 Å². The van der Waals surface area contributed by atoms with Crippen LogP contribution < -0.4 is 0 Å². The Morgan fingerprint density at radius 1 is 1.29 bits per heavy atom. The Hall–Kier alpha value is -1.27. The number of rotatable bonds is 3. The zero-order chi connectivity index (χ0) is 15.0. The summed E-state index contributed by atoms with van der Waals surface area (Å²) < 4.78 is 29.7. The quantitative estimate of drug-likeness (QED) is 0.874. The van der Waals surface area contributed by atoms with Gasteiger partial charge in [-0.25, -0.2) is 8.78 Å². The summed E-state index contributed by atoms with van der Waals surface area (Å²) in [6, 6.07) is 2.67. The van der Waals surface area contributed by atoms with Crippen LogP contribution >= 0.6 is 12.2 Å². The normalized spacial score (nSPS) is 17.7. The van der Waals surface area contributed by atoms with Crippen molar-refractivity contribution in [2.75, 3.05) is 19.6 Å². The number of hydrogen-bond donors (Lipinski definition) is 1. The van der Waals surface area contributed by atoms with Gasteiger partial charge in [-0.15, -0.1) is 0 Å². The summed E-state index contributed by atoms with van der Waals surface area (Å²) >= 11 is 5.28. The summed E-state index contributed by atoms with van der Waals surface area (Å²) in [5.41, 5.74) is 0.822. The predicted molar refractivity (Wildman–Crippen MR) is 81.9 cm³/mol. The lowest BCUT2D eigenvalue weighted by atomic mass is 9.96. The van der Waals surface area contributed by atoms with Crippen LogP contribution in [0.3, 0.4) is 0 Å². The van der Waals surface area contributed by atoms with Crippen molar-refractivity contribution >= 4 is 23.3 Å². The van der Waals surface area contributed by atoms with Crippen LogP contribution in [0.25, 0.3) is 11.0 Å². The van der Waals surface area contributed by atoms with Crippen molar-refractivity contribution < 1.29 is 8.78 Å². The van der Waals surface area contributed by atoms with Gasteiger partial charge in [-0.1, -0.05) is 6.92 Å². The number of benzene rings is 1. The van der Waals surface area contributed by atoms with Gasteiger partial charge in [0, 0.05) is 6.54 Å². The van der Waals surface area contributed by atoms with Crippen molar-refractivity contribution in [2.45, 2.75) is 26.3 Å². The second-order valence-electron chi connectivity index (χ2n) is 5.68. The fraction of sp³-hybridized carbons (Fsp3) is 0.533. The molecule has 114 valence electrons. The molecule has 1 aromatic heterocycles. The maximum Gasteiger partial charge on any atom is 0.184 e. The Morgan fingerprint density at radius 3 is 2.67 bits per heavy atom. The van der Waals surface area contributed by atoms with E-state index in [1.165, 1.54) is 0 Å². The van der Waals surface area contributed by atoms with E-state index in [1.54, 1.807) is 10.6 Å². The van der Waals surface area contributed by atoms with Gasteiger partial charge < -0.3 is 14.5 Å². The second kappa shape index (κ2) is 5.85. The van der Waals surface area contributed by atoms with E-state index in [9.17, 15) is 8.78 Å². The highest BCUT2D eigenvalue weighted by atomic mass is 32.1. The van der Waals surface area contributed by atoms with Crippen LogP contribution in [0.4, 0.5) is 8.78 Å². The van der Waals surface area contributed by atoms with Crippen LogP contribution in [0.15, 0.2) is 12.1 Å². The average molecular weight is 311 g/mol. The van der Waals surface area contributed by atoms with Gasteiger partial charge >= 0.3 is 0 Å². The largest absolute Gasteiger partial charge is 0.330 e. The predicted octanol–water partition coefficient (Wildman–Crippen LogP) is 3.71. The highest BCUT2D eigenvalue weighted by Crippen LogP contribution is 2.25. The maximum atomic E-state index is 14.1. The molecule has 21 heavy (non-hydrogen) atoms. The highest BCUT2D eigenvalue weighted by Gasteiger charge is 2.21. The van der Waals surface area contributed by atoms with E-state index in [4.69, 9.17) is 12.2 Å². The molecule has 3 rings (SSSR count). The smallest absolute Gasteiger partial charge is 0.184 e. The molecular formula is C15H19F2N3S. The number of fused-ring (bicyclic) bond motifs is 1. The minimum Gasteiger partial charge on any atom is -0.330 e. The van der Waals surface area contributed by atoms with Crippen molar-refractivity contribution in [3.05, 3.63) is 28.5 Å². The molecule has 1 aromatic carbocycles. The lowest BCUT2D eigenvalue weighted by Gasteiger charge is -2.31. The zero-order valence-electron chi connectivity index (χ0n) is 12.0. The van der Waals surface area contributed by atoms with Crippen LogP contribution in [0.5, 0.6) is 0 Å². The van der Waals surface area contributed by atoms with E-state index < -0.39 is 11.6 Å². The SMILES string of the molecule is CCN1CCC(Cn2c(=S)[nH]c3ccc(F)c(F)c32)CC1. The Labute approximate surface area is 127 Å². The van der Waals surface area contributed by atoms with Gasteiger partial charge in [-0.2, -0.15) is 0 Å². The fourth-order valence-electron chi connectivity index (χ4n) is 3.11. The van der Waals surface area contributed by atoms with Gasteiger partial charge in [0.15, 0.2) is 16.4 Å². The molecule has 0 spiro atoms. The molecule has 1 fully saturated rings. The summed E-state index contributed by atoms with van der Waals surface area (Å²) in [5, 5.41) is 0. The van der Waals surface area contributed by atoms with Gasteiger partial charge in [0.25, 0.3) is 0 Å². The molecule has 2 heterocycles. The van der Waals surface area contributed by atoms with Crippen molar-refractivity contribution in [1.82, 2.24) is 14.5 Å². The molecule has 1 aliphatic rings. The standard InChI is InChI=1S/C15H19F2N3S/c1-2-19-7-5-10(6-8-19)9-20-14-12(18-15(20)21)4-3-11(16)13(14)17/h3-4,10H,2,5-9H2,1H3,(H,18,21). The lowest BCUT2D eigenvalue weighted by molar-refractivity contribution is 0.181. The summed E-state index contributed by atoms with van der Waals surface area (Å²) in [6.07, 6.45) is 2.14. The Kier molecular flexibility index (Phi) is 4.08. The average Bonchev–Trinajstić information content (AvgIpc) is 2.81. The third-order valence-electron chi connectivity index (χ3n) is 4.42. The molecule has 0 atom stereocenters. The van der Waals surface area contributed by atoms with Crippen LogP contribution in [0.2, 0.25) is 0 Å². The van der Waals surface area contributed by atoms with E-state index in [0.29, 0.717) is 22.8 Å². The minimum atomic E-state index is -0.828. The number of H-pyrrole nitrogens is 1. The first-order valence-corrected chi connectivity index (χ1v) is 7.79. The number of nitrogens with zero attached hydrogens (tertiary/aromatic N) is 2. The first-order valence-electron chi connectivity index (χ1n) is 7.39. The first kappa shape index (κ1) is 14.7. The van der Waals surface area contributed by atoms with Crippen molar-refractivity contribution in [3.63, 3.8) is 0 Å². The van der Waals surface area contributed by atoms with Crippen molar-refractivity contribution in [2.24, 2.45) is 5.92 Å². The molecule has 0 aliphatic carbocycles. The molecule has 3 nitrogen and oxygen atoms in total. The number of piperidine rings is 1. The van der Waals surface area contributed by atoms with Crippen LogP contribution in [-0.2, 0) is 6.54 Å². The lowest BCUT2D eigenvalue weighted by Crippen LogP contribution is -2.34. The molecule has 1 saturated heterocycles. The maximum absolute atomic E-state index is 14.1. The number of aromatic amines is 1. The molecule has 0 saturated carbocycles. The van der Waals surface area contributed by atoms with Gasteiger partial charge in [-0.3, -0.25) is 0 Å². The molecule has 0 radical (unpaired) electrons. The van der Waals surface area contributed by atoms with E-state index in [0.717, 1.165) is 38.5 Å². The summed E-state index contributed by atoms with van der Waals surface area (Å²) in [6.45, 7) is 6.01. The number of likely N-dealkylation sites (tertiary alicyclic amines) is 1. The van der Waals surface area contributed by atoms with Crippen molar-refractivity contribution in [3.8, 4) is 0 Å². The molecule has 1 aliphatic heterocycles. The van der Waals surface area contributed by atoms with E-state index in [-0.39, 0.29) is 5.52 Å². The summed E-state index contributed by atoms with van der Waals surface area (Å²) in [5.74, 6) is -1.18. The van der Waals surface area contributed by atoms with E-state index >= 15 is 0 Å². The molecule has 0 unspecified atom stereocenters. The Bertz CT molecular complexity index is 699. The summed E-state index contributed by atoms with van der Waals surface area (Å²) in [7, 11) is 0. The first-order chi connectivity index (χ1) is 10.1. The number of hydrogen-bond acceptors (Lipinski definition) is 2. The second-order valence-corrected chi connectivity index (χ2v) is 6.06. The Morgan fingerprint density at radius 2 is 2.00 bits per heavy atom. The molecule has 2 aromatic rings. The zero-order valence-corrected chi connectivity index (χ0v) is 12.8. The van der Waals surface area contributed by atoms with Gasteiger partial charge in [-0.05, 0) is 62.7 Å². The number of aromatic nitrogens is 2. The summed E-state index contributed by atoms with van der Waals surface area (Å²) in [4.78, 5) is 5.37. The number of imidazole rings is 1. The molecule has 0 amide bonds. The number of halogens is 2. The fourth-order valence-corrected chi connectivity index (χ4v) is 3.38. The van der Waals surface area contributed by atoms with Gasteiger partial charge in [0.1, 0.15) is 5.52 Å². The van der Waals surface area contributed by atoms with Crippen LogP contribution in [0, 0.1) is 22.3 Å². The molecule has 0 bridgehead atoms. The van der Waals surface area contributed by atoms with Crippen LogP contribution in [0.1, 0.15) is 19.8 Å². The van der Waals surface area contributed by atoms with Crippen LogP contribution in [-0.4, -0.2) is 34.1 Å². The number of nitrogens with one attached hydrogen (secondary N) is 1. The highest BCUT2D eigenvalue weighted by molar-refractivity contribution is 7.71.